The lowest BCUT2D eigenvalue weighted by atomic mass is 10.00. The Kier molecular flexibility index (Phi) is 2.33. The summed E-state index contributed by atoms with van der Waals surface area (Å²) in [4.78, 5) is 4.08. The molecule has 0 spiro atoms. The van der Waals surface area contributed by atoms with Crippen molar-refractivity contribution in [2.45, 2.75) is 12.5 Å². The van der Waals surface area contributed by atoms with E-state index < -0.39 is 0 Å². The summed E-state index contributed by atoms with van der Waals surface area (Å²) in [6, 6.07) is 0. The molecule has 0 aromatic carbocycles. The maximum Gasteiger partial charge on any atom is 0.103 e. The van der Waals surface area contributed by atoms with Crippen LogP contribution in [0.5, 0.6) is 0 Å². The highest BCUT2D eigenvalue weighted by Gasteiger charge is 2.30. The zero-order chi connectivity index (χ0) is 9.26. The molecule has 1 aromatic rings. The summed E-state index contributed by atoms with van der Waals surface area (Å²) in [5.41, 5.74) is 6.80. The van der Waals surface area contributed by atoms with E-state index in [1.807, 2.05) is 17.8 Å². The molecule has 1 aliphatic rings. The van der Waals surface area contributed by atoms with Gasteiger partial charge in [0, 0.05) is 19.6 Å². The third kappa shape index (κ3) is 1.47. The Hall–Kier alpha value is -0.870. The minimum Gasteiger partial charge on any atom is -0.372 e. The highest BCUT2D eigenvalue weighted by molar-refractivity contribution is 5.05. The van der Waals surface area contributed by atoms with E-state index in [1.54, 1.807) is 6.33 Å². The molecular formula is C9H15N3O. The van der Waals surface area contributed by atoms with E-state index in [0.717, 1.165) is 18.7 Å². The number of aryl methyl sites for hydroxylation is 1. The van der Waals surface area contributed by atoms with Crippen molar-refractivity contribution in [1.82, 2.24) is 9.55 Å². The molecule has 2 heterocycles. The number of aromatic nitrogens is 2. The molecular weight excluding hydrogens is 166 g/mol. The number of hydrogen-bond acceptors (Lipinski definition) is 3. The zero-order valence-electron chi connectivity index (χ0n) is 7.81. The molecule has 2 atom stereocenters. The molecule has 2 N–H and O–H groups in total. The van der Waals surface area contributed by atoms with Gasteiger partial charge in [-0.05, 0) is 13.0 Å². The number of ether oxygens (including phenoxy) is 1. The van der Waals surface area contributed by atoms with Crippen LogP contribution in [0.1, 0.15) is 18.2 Å². The second-order valence-electron chi connectivity index (χ2n) is 3.51. The van der Waals surface area contributed by atoms with Gasteiger partial charge in [0.25, 0.3) is 0 Å². The molecule has 0 saturated carbocycles. The molecule has 2 unspecified atom stereocenters. The van der Waals surface area contributed by atoms with Gasteiger partial charge in [-0.3, -0.25) is 0 Å². The first-order valence-corrected chi connectivity index (χ1v) is 4.61. The molecule has 4 heteroatoms. The molecule has 72 valence electrons. The molecule has 0 aliphatic carbocycles. The van der Waals surface area contributed by atoms with Gasteiger partial charge in [0.15, 0.2) is 0 Å². The maximum absolute atomic E-state index is 5.67. The lowest BCUT2D eigenvalue weighted by Crippen LogP contribution is -2.19. The van der Waals surface area contributed by atoms with E-state index in [0.29, 0.717) is 12.5 Å². The molecule has 4 nitrogen and oxygen atoms in total. The van der Waals surface area contributed by atoms with Gasteiger partial charge >= 0.3 is 0 Å². The van der Waals surface area contributed by atoms with Gasteiger partial charge in [-0.2, -0.15) is 0 Å². The summed E-state index contributed by atoms with van der Waals surface area (Å²) < 4.78 is 7.64. The Balaban J connectivity index is 2.20. The Labute approximate surface area is 77.7 Å². The predicted molar refractivity (Wildman–Crippen MR) is 49.1 cm³/mol. The van der Waals surface area contributed by atoms with Gasteiger partial charge in [0.05, 0.1) is 18.2 Å². The van der Waals surface area contributed by atoms with E-state index in [4.69, 9.17) is 10.5 Å². The lowest BCUT2D eigenvalue weighted by molar-refractivity contribution is 0.0867. The van der Waals surface area contributed by atoms with E-state index in [2.05, 4.69) is 4.98 Å². The molecule has 0 bridgehead atoms. The smallest absolute Gasteiger partial charge is 0.103 e. The van der Waals surface area contributed by atoms with Crippen LogP contribution in [0.4, 0.5) is 0 Å². The van der Waals surface area contributed by atoms with E-state index in [-0.39, 0.29) is 6.10 Å². The van der Waals surface area contributed by atoms with Crippen molar-refractivity contribution in [2.24, 2.45) is 18.7 Å². The van der Waals surface area contributed by atoms with Crippen LogP contribution >= 0.6 is 0 Å². The highest BCUT2D eigenvalue weighted by atomic mass is 16.5. The van der Waals surface area contributed by atoms with Crippen LogP contribution < -0.4 is 5.73 Å². The number of rotatable bonds is 2. The lowest BCUT2D eigenvalue weighted by Gasteiger charge is -2.16. The first kappa shape index (κ1) is 8.72. The second-order valence-corrected chi connectivity index (χ2v) is 3.51. The molecule has 0 radical (unpaired) electrons. The van der Waals surface area contributed by atoms with Crippen LogP contribution in [0.2, 0.25) is 0 Å². The molecule has 1 aromatic heterocycles. The Morgan fingerprint density at radius 2 is 2.62 bits per heavy atom. The average molecular weight is 181 g/mol. The van der Waals surface area contributed by atoms with Crippen LogP contribution in [0.15, 0.2) is 12.5 Å². The summed E-state index contributed by atoms with van der Waals surface area (Å²) in [6.45, 7) is 1.51. The zero-order valence-corrected chi connectivity index (χ0v) is 7.81. The predicted octanol–water partition coefficient (Wildman–Crippen LogP) is 0.456. The van der Waals surface area contributed by atoms with Crippen LogP contribution in [0.3, 0.4) is 0 Å². The molecule has 13 heavy (non-hydrogen) atoms. The fourth-order valence-corrected chi connectivity index (χ4v) is 1.84. The second kappa shape index (κ2) is 3.47. The first-order chi connectivity index (χ1) is 6.33. The average Bonchev–Trinajstić information content (AvgIpc) is 2.71. The van der Waals surface area contributed by atoms with Gasteiger partial charge in [-0.25, -0.2) is 4.98 Å². The van der Waals surface area contributed by atoms with E-state index >= 15 is 0 Å². The van der Waals surface area contributed by atoms with Gasteiger partial charge < -0.3 is 15.0 Å². The van der Waals surface area contributed by atoms with Gasteiger partial charge in [0.1, 0.15) is 6.10 Å². The molecule has 2 rings (SSSR count). The summed E-state index contributed by atoms with van der Waals surface area (Å²) in [7, 11) is 1.98. The van der Waals surface area contributed by atoms with Crippen LogP contribution in [-0.2, 0) is 11.8 Å². The molecule has 1 saturated heterocycles. The number of nitrogens with zero attached hydrogens (tertiary/aromatic N) is 2. The highest BCUT2D eigenvalue weighted by Crippen LogP contribution is 2.32. The number of hydrogen-bond donors (Lipinski definition) is 1. The van der Waals surface area contributed by atoms with Gasteiger partial charge in [-0.1, -0.05) is 0 Å². The summed E-state index contributed by atoms with van der Waals surface area (Å²) >= 11 is 0. The molecule has 1 fully saturated rings. The van der Waals surface area contributed by atoms with Crippen molar-refractivity contribution in [3.63, 3.8) is 0 Å². The van der Waals surface area contributed by atoms with Crippen LogP contribution in [0, 0.1) is 5.92 Å². The van der Waals surface area contributed by atoms with Crippen molar-refractivity contribution in [3.8, 4) is 0 Å². The minimum absolute atomic E-state index is 0.150. The molecule has 0 amide bonds. The molecule has 1 aliphatic heterocycles. The Morgan fingerprint density at radius 1 is 1.77 bits per heavy atom. The third-order valence-corrected chi connectivity index (χ3v) is 2.66. The fraction of sp³-hybridized carbons (Fsp3) is 0.667. The van der Waals surface area contributed by atoms with Gasteiger partial charge in [-0.15, -0.1) is 0 Å². The van der Waals surface area contributed by atoms with Crippen LogP contribution in [-0.4, -0.2) is 22.7 Å². The standard InChI is InChI=1S/C9H15N3O/c1-12-6-11-5-8(12)9-7(4-10)2-3-13-9/h5-7,9H,2-4,10H2,1H3. The third-order valence-electron chi connectivity index (χ3n) is 2.66. The maximum atomic E-state index is 5.67. The number of imidazole rings is 1. The van der Waals surface area contributed by atoms with Crippen molar-refractivity contribution in [2.75, 3.05) is 13.2 Å². The SMILES string of the molecule is Cn1cncc1C1OCCC1CN. The fourth-order valence-electron chi connectivity index (χ4n) is 1.84. The van der Waals surface area contributed by atoms with Crippen molar-refractivity contribution < 1.29 is 4.74 Å². The minimum atomic E-state index is 0.150. The van der Waals surface area contributed by atoms with Gasteiger partial charge in [0.2, 0.25) is 0 Å². The Bertz CT molecular complexity index is 284. The first-order valence-electron chi connectivity index (χ1n) is 4.61. The monoisotopic (exact) mass is 181 g/mol. The number of nitrogens with two attached hydrogens (primary N) is 1. The summed E-state index contributed by atoms with van der Waals surface area (Å²) in [6.07, 6.45) is 4.87. The van der Waals surface area contributed by atoms with Crippen molar-refractivity contribution in [3.05, 3.63) is 18.2 Å². The largest absolute Gasteiger partial charge is 0.372 e. The van der Waals surface area contributed by atoms with Crippen molar-refractivity contribution in [1.29, 1.82) is 0 Å². The Morgan fingerprint density at radius 3 is 3.23 bits per heavy atom. The summed E-state index contributed by atoms with van der Waals surface area (Å²) in [5, 5.41) is 0. The van der Waals surface area contributed by atoms with E-state index in [1.165, 1.54) is 0 Å². The topological polar surface area (TPSA) is 53.1 Å². The van der Waals surface area contributed by atoms with E-state index in [9.17, 15) is 0 Å². The summed E-state index contributed by atoms with van der Waals surface area (Å²) in [5.74, 6) is 0.454. The normalized spacial score (nSPS) is 28.2. The van der Waals surface area contributed by atoms with Crippen LogP contribution in [0.25, 0.3) is 0 Å². The van der Waals surface area contributed by atoms with Crippen molar-refractivity contribution >= 4 is 0 Å². The quantitative estimate of drug-likeness (QED) is 0.721.